The van der Waals surface area contributed by atoms with Gasteiger partial charge in [-0.2, -0.15) is 5.10 Å². The van der Waals surface area contributed by atoms with Gasteiger partial charge in [0, 0.05) is 14.7 Å². The predicted octanol–water partition coefficient (Wildman–Crippen LogP) is 3.43. The van der Waals surface area contributed by atoms with Gasteiger partial charge in [-0.3, -0.25) is 0 Å². The summed E-state index contributed by atoms with van der Waals surface area (Å²) in [6, 6.07) is 2.09. The standard InChI is InChI=1S/C12H15BrN4S/c1-3-10-11(4-2)16-17-12(15-10)14-6-9-5-8(13)7-18-9/h5,7H,3-4,6H2,1-2H3,(H,14,15,17). The average Bonchev–Trinajstić information content (AvgIpc) is 2.81. The second-order valence-electron chi connectivity index (χ2n) is 3.82. The molecule has 6 heteroatoms. The van der Waals surface area contributed by atoms with Crippen LogP contribution in [0.2, 0.25) is 0 Å². The van der Waals surface area contributed by atoms with E-state index in [4.69, 9.17) is 0 Å². The SMILES string of the molecule is CCc1nnc(NCc2cc(Br)cs2)nc1CC. The fraction of sp³-hybridized carbons (Fsp3) is 0.417. The molecule has 0 spiro atoms. The van der Waals surface area contributed by atoms with Gasteiger partial charge in [-0.1, -0.05) is 13.8 Å². The average molecular weight is 327 g/mol. The van der Waals surface area contributed by atoms with E-state index < -0.39 is 0 Å². The van der Waals surface area contributed by atoms with Gasteiger partial charge in [-0.25, -0.2) is 4.98 Å². The van der Waals surface area contributed by atoms with Crippen LogP contribution in [0.3, 0.4) is 0 Å². The topological polar surface area (TPSA) is 50.7 Å². The third kappa shape index (κ3) is 3.26. The number of anilines is 1. The molecule has 0 bridgehead atoms. The third-order valence-electron chi connectivity index (χ3n) is 2.55. The second-order valence-corrected chi connectivity index (χ2v) is 5.73. The summed E-state index contributed by atoms with van der Waals surface area (Å²) in [5.41, 5.74) is 2.02. The number of halogens is 1. The van der Waals surface area contributed by atoms with Crippen LogP contribution in [0.15, 0.2) is 15.9 Å². The summed E-state index contributed by atoms with van der Waals surface area (Å²) in [5.74, 6) is 0.605. The van der Waals surface area contributed by atoms with E-state index in [1.807, 2.05) is 0 Å². The molecule has 0 aliphatic rings. The van der Waals surface area contributed by atoms with Gasteiger partial charge in [0.1, 0.15) is 0 Å². The van der Waals surface area contributed by atoms with Crippen LogP contribution in [0.1, 0.15) is 30.1 Å². The summed E-state index contributed by atoms with van der Waals surface area (Å²) >= 11 is 5.14. The molecule has 1 N–H and O–H groups in total. The minimum atomic E-state index is 0.605. The molecular weight excluding hydrogens is 312 g/mol. The normalized spacial score (nSPS) is 10.6. The van der Waals surface area contributed by atoms with Crippen LogP contribution in [0, 0.1) is 0 Å². The van der Waals surface area contributed by atoms with Gasteiger partial charge in [0.05, 0.1) is 17.9 Å². The van der Waals surface area contributed by atoms with Crippen LogP contribution in [0.4, 0.5) is 5.95 Å². The number of nitrogens with one attached hydrogen (secondary N) is 1. The number of hydrogen-bond acceptors (Lipinski definition) is 5. The molecule has 0 unspecified atom stereocenters. The Hall–Kier alpha value is -1.01. The summed E-state index contributed by atoms with van der Waals surface area (Å²) in [7, 11) is 0. The van der Waals surface area contributed by atoms with Crippen molar-refractivity contribution in [3.8, 4) is 0 Å². The van der Waals surface area contributed by atoms with E-state index in [1.165, 1.54) is 4.88 Å². The van der Waals surface area contributed by atoms with Gasteiger partial charge in [-0.05, 0) is 34.8 Å². The molecule has 0 saturated heterocycles. The molecule has 0 atom stereocenters. The summed E-state index contributed by atoms with van der Waals surface area (Å²) in [5, 5.41) is 13.6. The Balaban J connectivity index is 2.05. The van der Waals surface area contributed by atoms with Crippen molar-refractivity contribution < 1.29 is 0 Å². The lowest BCUT2D eigenvalue weighted by Gasteiger charge is -2.06. The quantitative estimate of drug-likeness (QED) is 0.914. The number of hydrogen-bond donors (Lipinski definition) is 1. The Bertz CT molecular complexity index is 527. The Labute approximate surface area is 119 Å². The minimum Gasteiger partial charge on any atom is -0.348 e. The first-order chi connectivity index (χ1) is 8.72. The summed E-state index contributed by atoms with van der Waals surface area (Å²) < 4.78 is 1.11. The Kier molecular flexibility index (Phi) is 4.66. The van der Waals surface area contributed by atoms with Crippen molar-refractivity contribution in [3.05, 3.63) is 32.2 Å². The molecule has 4 nitrogen and oxygen atoms in total. The molecule has 0 radical (unpaired) electrons. The van der Waals surface area contributed by atoms with Crippen molar-refractivity contribution in [1.82, 2.24) is 15.2 Å². The highest BCUT2D eigenvalue weighted by Gasteiger charge is 2.06. The lowest BCUT2D eigenvalue weighted by Crippen LogP contribution is -2.08. The van der Waals surface area contributed by atoms with Gasteiger partial charge in [-0.15, -0.1) is 16.4 Å². The Morgan fingerprint density at radius 3 is 2.61 bits per heavy atom. The van der Waals surface area contributed by atoms with Gasteiger partial charge < -0.3 is 5.32 Å². The van der Waals surface area contributed by atoms with E-state index in [9.17, 15) is 0 Å². The van der Waals surface area contributed by atoms with Crippen LogP contribution < -0.4 is 5.32 Å². The second kappa shape index (κ2) is 6.24. The molecule has 0 saturated carbocycles. The van der Waals surface area contributed by atoms with Crippen LogP contribution in [-0.4, -0.2) is 15.2 Å². The highest BCUT2D eigenvalue weighted by atomic mass is 79.9. The van der Waals surface area contributed by atoms with Crippen molar-refractivity contribution >= 4 is 33.2 Å². The maximum Gasteiger partial charge on any atom is 0.243 e. The molecule has 2 rings (SSSR count). The molecule has 0 aliphatic heterocycles. The lowest BCUT2D eigenvalue weighted by molar-refractivity contribution is 0.820. The summed E-state index contributed by atoms with van der Waals surface area (Å²) in [6.07, 6.45) is 1.76. The van der Waals surface area contributed by atoms with E-state index in [0.717, 1.165) is 35.2 Å². The Morgan fingerprint density at radius 1 is 1.22 bits per heavy atom. The highest BCUT2D eigenvalue weighted by Crippen LogP contribution is 2.20. The van der Waals surface area contributed by atoms with Crippen molar-refractivity contribution in [1.29, 1.82) is 0 Å². The lowest BCUT2D eigenvalue weighted by atomic mass is 10.2. The molecule has 2 aromatic rings. The molecule has 2 heterocycles. The molecule has 0 amide bonds. The van der Waals surface area contributed by atoms with Crippen LogP contribution in [-0.2, 0) is 19.4 Å². The van der Waals surface area contributed by atoms with E-state index in [2.05, 4.69) is 61.7 Å². The smallest absolute Gasteiger partial charge is 0.243 e. The zero-order valence-electron chi connectivity index (χ0n) is 10.4. The fourth-order valence-electron chi connectivity index (χ4n) is 1.63. The van der Waals surface area contributed by atoms with Crippen LogP contribution >= 0.6 is 27.3 Å². The largest absolute Gasteiger partial charge is 0.348 e. The first-order valence-electron chi connectivity index (χ1n) is 5.92. The van der Waals surface area contributed by atoms with Crippen molar-refractivity contribution in [2.24, 2.45) is 0 Å². The number of aromatic nitrogens is 3. The van der Waals surface area contributed by atoms with E-state index >= 15 is 0 Å². The predicted molar refractivity (Wildman–Crippen MR) is 77.9 cm³/mol. The first-order valence-corrected chi connectivity index (χ1v) is 7.59. The van der Waals surface area contributed by atoms with E-state index in [-0.39, 0.29) is 0 Å². The van der Waals surface area contributed by atoms with Gasteiger partial charge >= 0.3 is 0 Å². The summed E-state index contributed by atoms with van der Waals surface area (Å²) in [6.45, 7) is 4.89. The maximum absolute atomic E-state index is 4.49. The monoisotopic (exact) mass is 326 g/mol. The Morgan fingerprint density at radius 2 is 2.00 bits per heavy atom. The van der Waals surface area contributed by atoms with Crippen LogP contribution in [0.5, 0.6) is 0 Å². The first kappa shape index (κ1) is 13.4. The number of nitrogens with zero attached hydrogens (tertiary/aromatic N) is 3. The number of rotatable bonds is 5. The van der Waals surface area contributed by atoms with Crippen molar-refractivity contribution in [3.63, 3.8) is 0 Å². The maximum atomic E-state index is 4.49. The van der Waals surface area contributed by atoms with Gasteiger partial charge in [0.15, 0.2) is 0 Å². The number of aryl methyl sites for hydroxylation is 2. The molecule has 0 aromatic carbocycles. The zero-order chi connectivity index (χ0) is 13.0. The summed E-state index contributed by atoms with van der Waals surface area (Å²) in [4.78, 5) is 5.73. The zero-order valence-corrected chi connectivity index (χ0v) is 12.8. The molecule has 96 valence electrons. The highest BCUT2D eigenvalue weighted by molar-refractivity contribution is 9.10. The van der Waals surface area contributed by atoms with E-state index in [1.54, 1.807) is 11.3 Å². The van der Waals surface area contributed by atoms with Gasteiger partial charge in [0.25, 0.3) is 0 Å². The number of thiophene rings is 1. The molecule has 18 heavy (non-hydrogen) atoms. The molecule has 0 fully saturated rings. The molecule has 0 aliphatic carbocycles. The minimum absolute atomic E-state index is 0.605. The fourth-order valence-corrected chi connectivity index (χ4v) is 3.02. The molecular formula is C12H15BrN4S. The van der Waals surface area contributed by atoms with Crippen LogP contribution in [0.25, 0.3) is 0 Å². The van der Waals surface area contributed by atoms with E-state index in [0.29, 0.717) is 5.95 Å². The van der Waals surface area contributed by atoms with Crippen molar-refractivity contribution in [2.45, 2.75) is 33.2 Å². The van der Waals surface area contributed by atoms with Crippen molar-refractivity contribution in [2.75, 3.05) is 5.32 Å². The van der Waals surface area contributed by atoms with Gasteiger partial charge in [0.2, 0.25) is 5.95 Å². The molecule has 2 aromatic heterocycles. The third-order valence-corrected chi connectivity index (χ3v) is 4.25.